The SMILES string of the molecule is CNC(CC1CCOc2ccccc21)c1ccccc1I. The number of hydrogen-bond acceptors (Lipinski definition) is 2. The van der Waals surface area contributed by atoms with Crippen LogP contribution in [0.2, 0.25) is 0 Å². The van der Waals surface area contributed by atoms with E-state index in [1.165, 1.54) is 14.7 Å². The van der Waals surface area contributed by atoms with Gasteiger partial charge in [-0.25, -0.2) is 0 Å². The Bertz CT molecular complexity index is 614. The van der Waals surface area contributed by atoms with Crippen LogP contribution in [-0.2, 0) is 0 Å². The maximum absolute atomic E-state index is 5.78. The highest BCUT2D eigenvalue weighted by molar-refractivity contribution is 14.1. The first-order chi connectivity index (χ1) is 10.3. The van der Waals surface area contributed by atoms with Gasteiger partial charge >= 0.3 is 0 Å². The maximum Gasteiger partial charge on any atom is 0.122 e. The van der Waals surface area contributed by atoms with Crippen LogP contribution in [0.3, 0.4) is 0 Å². The van der Waals surface area contributed by atoms with E-state index in [0.29, 0.717) is 12.0 Å². The standard InChI is InChI=1S/C18H20INO/c1-20-17(15-7-2-4-8-16(15)19)12-13-10-11-21-18-9-5-3-6-14(13)18/h2-9,13,17,20H,10-12H2,1H3. The first kappa shape index (κ1) is 14.9. The van der Waals surface area contributed by atoms with E-state index in [0.717, 1.165) is 25.2 Å². The number of nitrogens with one attached hydrogen (secondary N) is 1. The summed E-state index contributed by atoms with van der Waals surface area (Å²) >= 11 is 2.43. The molecule has 1 N–H and O–H groups in total. The summed E-state index contributed by atoms with van der Waals surface area (Å²) in [6, 6.07) is 17.5. The van der Waals surface area contributed by atoms with Crippen LogP contribution in [0.15, 0.2) is 48.5 Å². The third-order valence-electron chi connectivity index (χ3n) is 4.23. The van der Waals surface area contributed by atoms with Gasteiger partial charge in [-0.3, -0.25) is 0 Å². The predicted octanol–water partition coefficient (Wildman–Crippen LogP) is 4.51. The second-order valence-electron chi connectivity index (χ2n) is 5.47. The van der Waals surface area contributed by atoms with Gasteiger partial charge in [-0.2, -0.15) is 0 Å². The number of benzene rings is 2. The minimum Gasteiger partial charge on any atom is -0.493 e. The Labute approximate surface area is 140 Å². The number of halogens is 1. The van der Waals surface area contributed by atoms with Crippen molar-refractivity contribution < 1.29 is 4.74 Å². The molecule has 21 heavy (non-hydrogen) atoms. The molecular formula is C18H20INO. The van der Waals surface area contributed by atoms with Crippen LogP contribution < -0.4 is 10.1 Å². The fourth-order valence-electron chi connectivity index (χ4n) is 3.10. The molecule has 1 aliphatic rings. The number of para-hydroxylation sites is 1. The van der Waals surface area contributed by atoms with E-state index in [9.17, 15) is 0 Å². The summed E-state index contributed by atoms with van der Waals surface area (Å²) in [5, 5.41) is 3.49. The van der Waals surface area contributed by atoms with Gasteiger partial charge in [0, 0.05) is 9.61 Å². The predicted molar refractivity (Wildman–Crippen MR) is 94.9 cm³/mol. The molecule has 0 radical (unpaired) electrons. The lowest BCUT2D eigenvalue weighted by molar-refractivity contribution is 0.256. The zero-order chi connectivity index (χ0) is 14.7. The topological polar surface area (TPSA) is 21.3 Å². The normalized spacial score (nSPS) is 18.7. The van der Waals surface area contributed by atoms with Crippen LogP contribution in [0.1, 0.15) is 35.9 Å². The molecule has 3 heteroatoms. The summed E-state index contributed by atoms with van der Waals surface area (Å²) in [6.45, 7) is 0.823. The molecule has 0 bridgehead atoms. The lowest BCUT2D eigenvalue weighted by Gasteiger charge is -2.29. The second kappa shape index (κ2) is 6.79. The van der Waals surface area contributed by atoms with Crippen molar-refractivity contribution in [3.63, 3.8) is 0 Å². The summed E-state index contributed by atoms with van der Waals surface area (Å²) in [7, 11) is 2.05. The molecule has 1 aliphatic heterocycles. The van der Waals surface area contributed by atoms with Crippen LogP contribution >= 0.6 is 22.6 Å². The van der Waals surface area contributed by atoms with Gasteiger partial charge in [0.2, 0.25) is 0 Å². The van der Waals surface area contributed by atoms with Crippen LogP contribution in [0.25, 0.3) is 0 Å². The van der Waals surface area contributed by atoms with Gasteiger partial charge in [0.25, 0.3) is 0 Å². The van der Waals surface area contributed by atoms with Gasteiger partial charge < -0.3 is 10.1 Å². The molecule has 2 aromatic carbocycles. The number of fused-ring (bicyclic) bond motifs is 1. The first-order valence-electron chi connectivity index (χ1n) is 7.43. The Morgan fingerprint density at radius 1 is 1.19 bits per heavy atom. The van der Waals surface area contributed by atoms with Crippen molar-refractivity contribution in [3.05, 3.63) is 63.2 Å². The van der Waals surface area contributed by atoms with Crippen LogP contribution in [-0.4, -0.2) is 13.7 Å². The molecule has 0 saturated heterocycles. The molecule has 2 atom stereocenters. The fourth-order valence-corrected chi connectivity index (χ4v) is 3.87. The Morgan fingerprint density at radius 2 is 1.95 bits per heavy atom. The Balaban J connectivity index is 1.84. The molecule has 110 valence electrons. The van der Waals surface area contributed by atoms with Crippen LogP contribution in [0.4, 0.5) is 0 Å². The zero-order valence-electron chi connectivity index (χ0n) is 12.2. The summed E-state index contributed by atoms with van der Waals surface area (Å²) in [5.41, 5.74) is 2.75. The molecule has 2 aromatic rings. The van der Waals surface area contributed by atoms with Gasteiger partial charge in [-0.05, 0) is 71.7 Å². The van der Waals surface area contributed by atoms with Crippen molar-refractivity contribution in [2.75, 3.05) is 13.7 Å². The number of ether oxygens (including phenoxy) is 1. The van der Waals surface area contributed by atoms with Crippen LogP contribution in [0.5, 0.6) is 5.75 Å². The maximum atomic E-state index is 5.78. The number of hydrogen-bond donors (Lipinski definition) is 1. The molecular weight excluding hydrogens is 373 g/mol. The largest absolute Gasteiger partial charge is 0.493 e. The molecule has 0 spiro atoms. The highest BCUT2D eigenvalue weighted by Crippen LogP contribution is 2.39. The Kier molecular flexibility index (Phi) is 4.80. The summed E-state index contributed by atoms with van der Waals surface area (Å²) in [6.07, 6.45) is 2.20. The van der Waals surface area contributed by atoms with E-state index in [1.807, 2.05) is 0 Å². The van der Waals surface area contributed by atoms with E-state index < -0.39 is 0 Å². The molecule has 2 unspecified atom stereocenters. The summed E-state index contributed by atoms with van der Waals surface area (Å²) < 4.78 is 7.10. The third kappa shape index (κ3) is 3.24. The molecule has 3 rings (SSSR count). The van der Waals surface area contributed by atoms with Crippen molar-refractivity contribution in [3.8, 4) is 5.75 Å². The Hall–Kier alpha value is -1.07. The lowest BCUT2D eigenvalue weighted by atomic mass is 9.85. The molecule has 0 aromatic heterocycles. The van der Waals surface area contributed by atoms with Crippen molar-refractivity contribution in [1.82, 2.24) is 5.32 Å². The van der Waals surface area contributed by atoms with Gasteiger partial charge in [-0.1, -0.05) is 36.4 Å². The smallest absolute Gasteiger partial charge is 0.122 e. The fraction of sp³-hybridized carbons (Fsp3) is 0.333. The Morgan fingerprint density at radius 3 is 2.76 bits per heavy atom. The number of rotatable bonds is 4. The average molecular weight is 393 g/mol. The van der Waals surface area contributed by atoms with E-state index in [1.54, 1.807) is 0 Å². The highest BCUT2D eigenvalue weighted by atomic mass is 127. The van der Waals surface area contributed by atoms with E-state index in [-0.39, 0.29) is 0 Å². The molecule has 0 aliphatic carbocycles. The quantitative estimate of drug-likeness (QED) is 0.772. The van der Waals surface area contributed by atoms with E-state index in [2.05, 4.69) is 83.5 Å². The van der Waals surface area contributed by atoms with Gasteiger partial charge in [-0.15, -0.1) is 0 Å². The molecule has 2 nitrogen and oxygen atoms in total. The minimum atomic E-state index is 0.384. The monoisotopic (exact) mass is 393 g/mol. The summed E-state index contributed by atoms with van der Waals surface area (Å²) in [4.78, 5) is 0. The van der Waals surface area contributed by atoms with Crippen molar-refractivity contribution in [2.24, 2.45) is 0 Å². The van der Waals surface area contributed by atoms with Crippen molar-refractivity contribution >= 4 is 22.6 Å². The van der Waals surface area contributed by atoms with Crippen LogP contribution in [0, 0.1) is 3.57 Å². The van der Waals surface area contributed by atoms with E-state index >= 15 is 0 Å². The third-order valence-corrected chi connectivity index (χ3v) is 5.21. The zero-order valence-corrected chi connectivity index (χ0v) is 14.3. The van der Waals surface area contributed by atoms with Crippen molar-refractivity contribution in [1.29, 1.82) is 0 Å². The minimum absolute atomic E-state index is 0.384. The second-order valence-corrected chi connectivity index (χ2v) is 6.63. The van der Waals surface area contributed by atoms with E-state index in [4.69, 9.17) is 4.74 Å². The highest BCUT2D eigenvalue weighted by Gasteiger charge is 2.25. The molecule has 1 heterocycles. The first-order valence-corrected chi connectivity index (χ1v) is 8.51. The van der Waals surface area contributed by atoms with Gasteiger partial charge in [0.1, 0.15) is 5.75 Å². The molecule has 0 fully saturated rings. The lowest BCUT2D eigenvalue weighted by Crippen LogP contribution is -2.23. The summed E-state index contributed by atoms with van der Waals surface area (Å²) in [5.74, 6) is 1.62. The van der Waals surface area contributed by atoms with Gasteiger partial charge in [0.15, 0.2) is 0 Å². The van der Waals surface area contributed by atoms with Crippen molar-refractivity contribution in [2.45, 2.75) is 24.8 Å². The molecule has 0 saturated carbocycles. The average Bonchev–Trinajstić information content (AvgIpc) is 2.53. The van der Waals surface area contributed by atoms with Gasteiger partial charge in [0.05, 0.1) is 6.61 Å². The molecule has 0 amide bonds.